The normalized spacial score (nSPS) is 13.6. The predicted molar refractivity (Wildman–Crippen MR) is 106 cm³/mol. The summed E-state index contributed by atoms with van der Waals surface area (Å²) < 4.78 is 0. The first-order chi connectivity index (χ1) is 13.1. The largest absolute Gasteiger partial charge is 0.325 e. The molecule has 0 spiro atoms. The first-order valence-electron chi connectivity index (χ1n) is 8.81. The Labute approximate surface area is 167 Å². The Bertz CT molecular complexity index is 961. The molecule has 1 aliphatic carbocycles. The van der Waals surface area contributed by atoms with Crippen molar-refractivity contribution in [2.75, 3.05) is 5.32 Å². The lowest BCUT2D eigenvalue weighted by Gasteiger charge is -2.06. The number of amides is 1. The van der Waals surface area contributed by atoms with Crippen molar-refractivity contribution >= 4 is 34.8 Å². The Morgan fingerprint density at radius 1 is 1.15 bits per heavy atom. The molecule has 0 fully saturated rings. The summed E-state index contributed by atoms with van der Waals surface area (Å²) in [7, 11) is 0. The van der Waals surface area contributed by atoms with Gasteiger partial charge in [0.25, 0.3) is 0 Å². The van der Waals surface area contributed by atoms with Gasteiger partial charge in [-0.05, 0) is 42.2 Å². The van der Waals surface area contributed by atoms with Crippen molar-refractivity contribution in [2.24, 2.45) is 0 Å². The van der Waals surface area contributed by atoms with Gasteiger partial charge >= 0.3 is 0 Å². The average molecular weight is 401 g/mol. The zero-order valence-corrected chi connectivity index (χ0v) is 16.0. The Morgan fingerprint density at radius 2 is 1.89 bits per heavy atom. The number of H-pyrrole nitrogens is 1. The van der Waals surface area contributed by atoms with Crippen molar-refractivity contribution in [1.82, 2.24) is 15.2 Å². The van der Waals surface area contributed by atoms with Gasteiger partial charge in [-0.2, -0.15) is 5.10 Å². The van der Waals surface area contributed by atoms with Crippen LogP contribution >= 0.6 is 23.2 Å². The minimum Gasteiger partial charge on any atom is -0.325 e. The molecule has 0 saturated carbocycles. The molecule has 0 unspecified atom stereocenters. The van der Waals surface area contributed by atoms with Crippen molar-refractivity contribution in [3.05, 3.63) is 75.3 Å². The van der Waals surface area contributed by atoms with Gasteiger partial charge in [0.05, 0.1) is 10.7 Å². The van der Waals surface area contributed by atoms with Gasteiger partial charge in [0, 0.05) is 23.8 Å². The maximum absolute atomic E-state index is 12.2. The Kier molecular flexibility index (Phi) is 5.14. The van der Waals surface area contributed by atoms with E-state index in [4.69, 9.17) is 23.2 Å². The third-order valence-electron chi connectivity index (χ3n) is 4.76. The molecule has 4 rings (SSSR count). The maximum atomic E-state index is 12.2. The maximum Gasteiger partial charge on any atom is 0.224 e. The number of anilines is 1. The van der Waals surface area contributed by atoms with E-state index in [1.54, 1.807) is 18.2 Å². The summed E-state index contributed by atoms with van der Waals surface area (Å²) >= 11 is 11.9. The summed E-state index contributed by atoms with van der Waals surface area (Å²) in [5.74, 6) is 1.71. The molecule has 27 heavy (non-hydrogen) atoms. The smallest absolute Gasteiger partial charge is 0.224 e. The number of fused-ring (bicyclic) bond motifs is 1. The van der Waals surface area contributed by atoms with Gasteiger partial charge in [-0.1, -0.05) is 47.5 Å². The predicted octanol–water partition coefficient (Wildman–Crippen LogP) is 4.57. The lowest BCUT2D eigenvalue weighted by molar-refractivity contribution is -0.116. The molecule has 0 atom stereocenters. The van der Waals surface area contributed by atoms with E-state index in [2.05, 4.69) is 44.8 Å². The van der Waals surface area contributed by atoms with E-state index in [9.17, 15) is 4.79 Å². The summed E-state index contributed by atoms with van der Waals surface area (Å²) in [6, 6.07) is 13.4. The van der Waals surface area contributed by atoms with Crippen LogP contribution in [0.3, 0.4) is 0 Å². The molecule has 1 aromatic heterocycles. The van der Waals surface area contributed by atoms with Crippen LogP contribution in [0.1, 0.15) is 35.1 Å². The Morgan fingerprint density at radius 3 is 2.59 bits per heavy atom. The van der Waals surface area contributed by atoms with Crippen LogP contribution in [0.15, 0.2) is 42.5 Å². The van der Waals surface area contributed by atoms with E-state index < -0.39 is 0 Å². The van der Waals surface area contributed by atoms with Gasteiger partial charge < -0.3 is 5.32 Å². The van der Waals surface area contributed by atoms with E-state index in [0.717, 1.165) is 24.5 Å². The van der Waals surface area contributed by atoms with E-state index in [1.807, 2.05) is 0 Å². The van der Waals surface area contributed by atoms with Gasteiger partial charge in [0.15, 0.2) is 5.82 Å². The molecule has 7 heteroatoms. The molecule has 0 aliphatic heterocycles. The first-order valence-corrected chi connectivity index (χ1v) is 9.57. The molecule has 0 saturated heterocycles. The lowest BCUT2D eigenvalue weighted by atomic mass is 10.1. The monoisotopic (exact) mass is 400 g/mol. The van der Waals surface area contributed by atoms with Crippen LogP contribution in [0.4, 0.5) is 5.69 Å². The molecule has 3 aromatic rings. The van der Waals surface area contributed by atoms with Gasteiger partial charge in [-0.15, -0.1) is 0 Å². The number of hydrogen-bond donors (Lipinski definition) is 2. The first kappa shape index (κ1) is 18.0. The lowest BCUT2D eigenvalue weighted by Crippen LogP contribution is -2.13. The van der Waals surface area contributed by atoms with Crippen LogP contribution in [-0.2, 0) is 24.1 Å². The highest BCUT2D eigenvalue weighted by molar-refractivity contribution is 6.36. The highest BCUT2D eigenvalue weighted by Crippen LogP contribution is 2.32. The topological polar surface area (TPSA) is 70.7 Å². The van der Waals surface area contributed by atoms with Crippen LogP contribution in [0.2, 0.25) is 10.0 Å². The van der Waals surface area contributed by atoms with E-state index in [1.165, 1.54) is 11.1 Å². The summed E-state index contributed by atoms with van der Waals surface area (Å²) in [4.78, 5) is 16.8. The van der Waals surface area contributed by atoms with Gasteiger partial charge in [-0.25, -0.2) is 4.98 Å². The summed E-state index contributed by atoms with van der Waals surface area (Å²) in [6.07, 6.45) is 2.70. The molecule has 1 amide bonds. The minimum absolute atomic E-state index is 0.134. The number of rotatable bonds is 5. The third kappa shape index (κ3) is 4.15. The number of aromatic nitrogens is 3. The molecule has 2 aromatic carbocycles. The Balaban J connectivity index is 1.33. The summed E-state index contributed by atoms with van der Waals surface area (Å²) in [6.45, 7) is 0. The second-order valence-corrected chi connectivity index (χ2v) is 7.53. The number of carbonyl (C=O) groups is 1. The van der Waals surface area contributed by atoms with Crippen LogP contribution in [0.25, 0.3) is 0 Å². The standard InChI is InChI=1S/C20H18Cl2N4O/c21-15-5-6-17(16(22)11-15)23-19(27)8-7-18-24-20(26-25-18)14-9-12-3-1-2-4-13(12)10-14/h1-6,11,14H,7-10H2,(H,23,27)(H,24,25,26). The second-order valence-electron chi connectivity index (χ2n) is 6.69. The van der Waals surface area contributed by atoms with E-state index in [-0.39, 0.29) is 5.91 Å². The molecule has 0 radical (unpaired) electrons. The van der Waals surface area contributed by atoms with Crippen LogP contribution in [-0.4, -0.2) is 21.1 Å². The highest BCUT2D eigenvalue weighted by Gasteiger charge is 2.25. The number of hydrogen-bond acceptors (Lipinski definition) is 3. The van der Waals surface area contributed by atoms with Crippen molar-refractivity contribution in [3.63, 3.8) is 0 Å². The van der Waals surface area contributed by atoms with Crippen molar-refractivity contribution in [2.45, 2.75) is 31.6 Å². The number of nitrogens with zero attached hydrogens (tertiary/aromatic N) is 2. The molecule has 5 nitrogen and oxygen atoms in total. The van der Waals surface area contributed by atoms with E-state index in [0.29, 0.717) is 34.5 Å². The molecule has 1 heterocycles. The van der Waals surface area contributed by atoms with Gasteiger partial charge in [0.2, 0.25) is 5.91 Å². The van der Waals surface area contributed by atoms with Crippen LogP contribution in [0.5, 0.6) is 0 Å². The molecular weight excluding hydrogens is 383 g/mol. The Hall–Kier alpha value is -2.37. The average Bonchev–Trinajstić information content (AvgIpc) is 3.28. The second kappa shape index (κ2) is 7.71. The number of nitrogens with one attached hydrogen (secondary N) is 2. The quantitative estimate of drug-likeness (QED) is 0.658. The van der Waals surface area contributed by atoms with E-state index >= 15 is 0 Å². The summed E-state index contributed by atoms with van der Waals surface area (Å²) in [5, 5.41) is 11.1. The van der Waals surface area contributed by atoms with Crippen molar-refractivity contribution in [3.8, 4) is 0 Å². The van der Waals surface area contributed by atoms with Crippen LogP contribution < -0.4 is 5.32 Å². The minimum atomic E-state index is -0.134. The molecule has 1 aliphatic rings. The fourth-order valence-corrected chi connectivity index (χ4v) is 3.84. The number of aromatic amines is 1. The number of carbonyl (C=O) groups excluding carboxylic acids is 1. The van der Waals surface area contributed by atoms with Crippen molar-refractivity contribution in [1.29, 1.82) is 0 Å². The van der Waals surface area contributed by atoms with Crippen LogP contribution in [0, 0.1) is 0 Å². The van der Waals surface area contributed by atoms with Crippen molar-refractivity contribution < 1.29 is 4.79 Å². The number of halogens is 2. The van der Waals surface area contributed by atoms with Gasteiger partial charge in [0.1, 0.15) is 5.82 Å². The highest BCUT2D eigenvalue weighted by atomic mass is 35.5. The fourth-order valence-electron chi connectivity index (χ4n) is 3.38. The molecule has 2 N–H and O–H groups in total. The summed E-state index contributed by atoms with van der Waals surface area (Å²) in [5.41, 5.74) is 3.29. The zero-order chi connectivity index (χ0) is 18.8. The number of benzene rings is 2. The fraction of sp³-hybridized carbons (Fsp3) is 0.250. The van der Waals surface area contributed by atoms with Gasteiger partial charge in [-0.3, -0.25) is 9.89 Å². The third-order valence-corrected chi connectivity index (χ3v) is 5.31. The molecular formula is C20H18Cl2N4O. The molecule has 138 valence electrons. The number of aryl methyl sites for hydroxylation is 1. The zero-order valence-electron chi connectivity index (χ0n) is 14.5. The SMILES string of the molecule is O=C(CCc1nc(C2Cc3ccccc3C2)n[nH]1)Nc1ccc(Cl)cc1Cl. The molecule has 0 bridgehead atoms.